The lowest BCUT2D eigenvalue weighted by Gasteiger charge is -2.07. The van der Waals surface area contributed by atoms with Crippen molar-refractivity contribution in [1.82, 2.24) is 15.3 Å². The Kier molecular flexibility index (Phi) is 3.78. The molecule has 1 aromatic rings. The summed E-state index contributed by atoms with van der Waals surface area (Å²) in [6, 6.07) is 0. The number of H-pyrrole nitrogens is 1. The second-order valence-corrected chi connectivity index (χ2v) is 3.06. The highest BCUT2D eigenvalue weighted by atomic mass is 16.4. The van der Waals surface area contributed by atoms with Gasteiger partial charge in [-0.2, -0.15) is 0 Å². The molecular formula is C8H10N4O5. The normalized spacial score (nSPS) is 11.8. The monoisotopic (exact) mass is 242 g/mol. The van der Waals surface area contributed by atoms with E-state index in [1.165, 1.54) is 0 Å². The number of nitrogens with zero attached hydrogens (tertiary/aromatic N) is 1. The van der Waals surface area contributed by atoms with Crippen molar-refractivity contribution in [3.05, 3.63) is 17.7 Å². The number of imidazole rings is 1. The maximum absolute atomic E-state index is 11.4. The molecule has 0 bridgehead atoms. The number of hydrogen-bond donors (Lipinski definition) is 5. The smallest absolute Gasteiger partial charge is 0.354 e. The average molecular weight is 242 g/mol. The number of carbonyl (C=O) groups is 3. The fourth-order valence-electron chi connectivity index (χ4n) is 1.00. The number of aromatic nitrogens is 2. The Hall–Kier alpha value is -2.42. The summed E-state index contributed by atoms with van der Waals surface area (Å²) in [7, 11) is 0. The number of aromatic carboxylic acids is 1. The standard InChI is InChI=1S/C8H10N4O5/c9-6(14)3(13)1-10-7(15)4-5(8(16)17)12-2-11-4/h2-3,13H,1H2,(H2,9,14)(H,10,15)(H,11,12)(H,16,17). The Balaban J connectivity index is 2.67. The molecule has 6 N–H and O–H groups in total. The number of amides is 2. The van der Waals surface area contributed by atoms with E-state index in [-0.39, 0.29) is 11.4 Å². The van der Waals surface area contributed by atoms with Gasteiger partial charge < -0.3 is 26.2 Å². The van der Waals surface area contributed by atoms with E-state index in [4.69, 9.17) is 15.9 Å². The van der Waals surface area contributed by atoms with Crippen molar-refractivity contribution < 1.29 is 24.6 Å². The van der Waals surface area contributed by atoms with Crippen molar-refractivity contribution in [2.45, 2.75) is 6.10 Å². The summed E-state index contributed by atoms with van der Waals surface area (Å²) in [5, 5.41) is 19.8. The molecule has 0 aliphatic heterocycles. The van der Waals surface area contributed by atoms with Crippen LogP contribution in [0.4, 0.5) is 0 Å². The van der Waals surface area contributed by atoms with Crippen LogP contribution in [0.5, 0.6) is 0 Å². The van der Waals surface area contributed by atoms with E-state index in [0.717, 1.165) is 6.33 Å². The van der Waals surface area contributed by atoms with Crippen LogP contribution in [0, 0.1) is 0 Å². The Morgan fingerprint density at radius 3 is 2.71 bits per heavy atom. The molecule has 92 valence electrons. The van der Waals surface area contributed by atoms with Crippen molar-refractivity contribution in [3.8, 4) is 0 Å². The number of primary amides is 1. The Morgan fingerprint density at radius 1 is 1.53 bits per heavy atom. The SMILES string of the molecule is NC(=O)C(O)CNC(=O)c1nc[nH]c1C(=O)O. The molecule has 1 unspecified atom stereocenters. The number of aliphatic hydroxyl groups is 1. The van der Waals surface area contributed by atoms with Gasteiger partial charge in [0, 0.05) is 0 Å². The molecule has 9 heteroatoms. The molecule has 1 aromatic heterocycles. The van der Waals surface area contributed by atoms with Crippen LogP contribution in [0.25, 0.3) is 0 Å². The Morgan fingerprint density at radius 2 is 2.18 bits per heavy atom. The molecule has 0 aromatic carbocycles. The third-order valence-electron chi connectivity index (χ3n) is 1.85. The molecule has 0 saturated carbocycles. The summed E-state index contributed by atoms with van der Waals surface area (Å²) >= 11 is 0. The second-order valence-electron chi connectivity index (χ2n) is 3.06. The second kappa shape index (κ2) is 5.07. The van der Waals surface area contributed by atoms with Gasteiger partial charge in [-0.3, -0.25) is 9.59 Å². The molecule has 17 heavy (non-hydrogen) atoms. The van der Waals surface area contributed by atoms with E-state index >= 15 is 0 Å². The highest BCUT2D eigenvalue weighted by molar-refractivity contribution is 6.02. The molecule has 0 aliphatic rings. The van der Waals surface area contributed by atoms with Crippen molar-refractivity contribution in [2.24, 2.45) is 5.73 Å². The minimum Gasteiger partial charge on any atom is -0.477 e. The zero-order valence-corrected chi connectivity index (χ0v) is 8.51. The van der Waals surface area contributed by atoms with Crippen molar-refractivity contribution >= 4 is 17.8 Å². The van der Waals surface area contributed by atoms with Crippen LogP contribution in [0.3, 0.4) is 0 Å². The summed E-state index contributed by atoms with van der Waals surface area (Å²) in [5.74, 6) is -3.17. The summed E-state index contributed by atoms with van der Waals surface area (Å²) in [4.78, 5) is 38.4. The number of aromatic amines is 1. The van der Waals surface area contributed by atoms with Gasteiger partial charge in [0.05, 0.1) is 12.9 Å². The minimum atomic E-state index is -1.54. The van der Waals surface area contributed by atoms with Gasteiger partial charge in [-0.15, -0.1) is 0 Å². The molecule has 1 atom stereocenters. The third-order valence-corrected chi connectivity index (χ3v) is 1.85. The largest absolute Gasteiger partial charge is 0.477 e. The number of carbonyl (C=O) groups excluding carboxylic acids is 2. The van der Waals surface area contributed by atoms with Gasteiger partial charge in [-0.1, -0.05) is 0 Å². The number of aliphatic hydroxyl groups excluding tert-OH is 1. The number of carboxylic acids is 1. The van der Waals surface area contributed by atoms with Gasteiger partial charge in [0.25, 0.3) is 5.91 Å². The van der Waals surface area contributed by atoms with Crippen molar-refractivity contribution in [3.63, 3.8) is 0 Å². The molecule has 0 spiro atoms. The van der Waals surface area contributed by atoms with Crippen molar-refractivity contribution in [2.75, 3.05) is 6.54 Å². The van der Waals surface area contributed by atoms with Gasteiger partial charge in [0.15, 0.2) is 11.4 Å². The Labute approximate surface area is 94.6 Å². The van der Waals surface area contributed by atoms with Gasteiger partial charge in [0.1, 0.15) is 6.10 Å². The van der Waals surface area contributed by atoms with Crippen molar-refractivity contribution in [1.29, 1.82) is 0 Å². The molecule has 0 fully saturated rings. The molecule has 0 saturated heterocycles. The van der Waals surface area contributed by atoms with E-state index in [9.17, 15) is 14.4 Å². The van der Waals surface area contributed by atoms with Gasteiger partial charge >= 0.3 is 5.97 Å². The first kappa shape index (κ1) is 12.6. The zero-order valence-electron chi connectivity index (χ0n) is 8.51. The first-order chi connectivity index (χ1) is 7.93. The molecular weight excluding hydrogens is 232 g/mol. The highest BCUT2D eigenvalue weighted by Gasteiger charge is 2.20. The van der Waals surface area contributed by atoms with E-state index in [1.807, 2.05) is 0 Å². The van der Waals surface area contributed by atoms with Gasteiger partial charge in [-0.05, 0) is 0 Å². The summed E-state index contributed by atoms with van der Waals surface area (Å²) in [6.45, 7) is -0.417. The summed E-state index contributed by atoms with van der Waals surface area (Å²) in [5.41, 5.74) is 4.05. The van der Waals surface area contributed by atoms with Crippen LogP contribution in [0.2, 0.25) is 0 Å². The lowest BCUT2D eigenvalue weighted by Crippen LogP contribution is -2.40. The number of hydrogen-bond acceptors (Lipinski definition) is 5. The van der Waals surface area contributed by atoms with Crippen LogP contribution < -0.4 is 11.1 Å². The molecule has 1 heterocycles. The fourth-order valence-corrected chi connectivity index (χ4v) is 1.00. The summed E-state index contributed by atoms with van der Waals surface area (Å²) in [6.07, 6.45) is -0.491. The van der Waals surface area contributed by atoms with Crippen LogP contribution in [-0.2, 0) is 4.79 Å². The van der Waals surface area contributed by atoms with Gasteiger partial charge in [-0.25, -0.2) is 9.78 Å². The highest BCUT2D eigenvalue weighted by Crippen LogP contribution is 2.02. The predicted molar refractivity (Wildman–Crippen MR) is 53.1 cm³/mol. The van der Waals surface area contributed by atoms with Crippen LogP contribution in [0.15, 0.2) is 6.33 Å². The zero-order chi connectivity index (χ0) is 13.0. The maximum atomic E-state index is 11.4. The molecule has 0 radical (unpaired) electrons. The number of nitrogens with one attached hydrogen (secondary N) is 2. The number of carboxylic acid groups (broad SMARTS) is 1. The van der Waals surface area contributed by atoms with E-state index in [2.05, 4.69) is 15.3 Å². The molecule has 2 amide bonds. The average Bonchev–Trinajstić information content (AvgIpc) is 2.73. The van der Waals surface area contributed by atoms with Crippen LogP contribution in [-0.4, -0.2) is 50.6 Å². The topological polar surface area (TPSA) is 158 Å². The maximum Gasteiger partial charge on any atom is 0.354 e. The van der Waals surface area contributed by atoms with E-state index in [0.29, 0.717) is 0 Å². The minimum absolute atomic E-state index is 0.339. The van der Waals surface area contributed by atoms with E-state index < -0.39 is 30.4 Å². The number of nitrogens with two attached hydrogens (primary N) is 1. The van der Waals surface area contributed by atoms with E-state index in [1.54, 1.807) is 0 Å². The predicted octanol–water partition coefficient (Wildman–Crippen LogP) is -2.32. The fraction of sp³-hybridized carbons (Fsp3) is 0.250. The number of rotatable bonds is 5. The lowest BCUT2D eigenvalue weighted by atomic mass is 10.3. The Bertz CT molecular complexity index is 455. The van der Waals surface area contributed by atoms with Gasteiger partial charge in [0.2, 0.25) is 5.91 Å². The van der Waals surface area contributed by atoms with Crippen LogP contribution >= 0.6 is 0 Å². The summed E-state index contributed by atoms with van der Waals surface area (Å²) < 4.78 is 0. The first-order valence-corrected chi connectivity index (χ1v) is 4.45. The first-order valence-electron chi connectivity index (χ1n) is 4.45. The lowest BCUT2D eigenvalue weighted by molar-refractivity contribution is -0.125. The quantitative estimate of drug-likeness (QED) is 0.390. The molecule has 1 rings (SSSR count). The molecule has 0 aliphatic carbocycles. The molecule has 9 nitrogen and oxygen atoms in total. The third kappa shape index (κ3) is 3.01. The van der Waals surface area contributed by atoms with Crippen LogP contribution in [0.1, 0.15) is 21.0 Å².